The number of hydrogen-bond acceptors (Lipinski definition) is 4. The van der Waals surface area contributed by atoms with Crippen LogP contribution in [0.1, 0.15) is 15.3 Å². The van der Waals surface area contributed by atoms with Crippen LogP contribution in [0.4, 0.5) is 0 Å². The monoisotopic (exact) mass is 304 g/mol. The van der Waals surface area contributed by atoms with Gasteiger partial charge in [-0.15, -0.1) is 11.3 Å². The molecule has 1 aromatic heterocycles. The highest BCUT2D eigenvalue weighted by Crippen LogP contribution is 2.20. The van der Waals surface area contributed by atoms with Gasteiger partial charge in [-0.2, -0.15) is 0 Å². The number of thiophene rings is 1. The van der Waals surface area contributed by atoms with Crippen molar-refractivity contribution >= 4 is 23.4 Å². The molecule has 0 aliphatic rings. The third-order valence-electron chi connectivity index (χ3n) is 2.72. The quantitative estimate of drug-likeness (QED) is 0.795. The van der Waals surface area contributed by atoms with E-state index < -0.39 is 5.97 Å². The predicted molar refractivity (Wildman–Crippen MR) is 82.5 cm³/mol. The van der Waals surface area contributed by atoms with Crippen molar-refractivity contribution in [1.82, 2.24) is 0 Å². The molecular formula is C16H16O4S. The van der Waals surface area contributed by atoms with Gasteiger partial charge in [0.25, 0.3) is 0 Å². The summed E-state index contributed by atoms with van der Waals surface area (Å²) in [7, 11) is 1.64. The molecule has 1 aromatic carbocycles. The van der Waals surface area contributed by atoms with Gasteiger partial charge in [0.05, 0.1) is 20.3 Å². The second-order valence-corrected chi connectivity index (χ2v) is 5.52. The van der Waals surface area contributed by atoms with Crippen molar-refractivity contribution in [2.24, 2.45) is 0 Å². The van der Waals surface area contributed by atoms with Crippen LogP contribution in [-0.2, 0) is 22.7 Å². The zero-order chi connectivity index (χ0) is 15.1. The number of carboxylic acids is 1. The van der Waals surface area contributed by atoms with E-state index in [-0.39, 0.29) is 0 Å². The lowest BCUT2D eigenvalue weighted by molar-refractivity contribution is -0.131. The van der Waals surface area contributed by atoms with Gasteiger partial charge in [0, 0.05) is 15.8 Å². The number of hydrogen-bond donors (Lipinski definition) is 1. The number of carboxylic acid groups (broad SMARTS) is 1. The minimum absolute atomic E-state index is 0.503. The fourth-order valence-electron chi connectivity index (χ4n) is 1.75. The average molecular weight is 304 g/mol. The van der Waals surface area contributed by atoms with Gasteiger partial charge < -0.3 is 14.6 Å². The molecule has 2 aromatic rings. The first kappa shape index (κ1) is 15.3. The first-order valence-electron chi connectivity index (χ1n) is 6.38. The highest BCUT2D eigenvalue weighted by Gasteiger charge is 2.00. The third-order valence-corrected chi connectivity index (χ3v) is 3.74. The molecule has 0 radical (unpaired) electrons. The SMILES string of the molecule is COc1cccc(COCc2ccc(C=CC(=O)O)s2)c1. The molecule has 5 heteroatoms. The van der Waals surface area contributed by atoms with E-state index in [9.17, 15) is 4.79 Å². The van der Waals surface area contributed by atoms with Crippen LogP contribution in [0.5, 0.6) is 5.75 Å². The lowest BCUT2D eigenvalue weighted by Gasteiger charge is -2.05. The van der Waals surface area contributed by atoms with Crippen molar-refractivity contribution in [1.29, 1.82) is 0 Å². The van der Waals surface area contributed by atoms with Crippen molar-refractivity contribution < 1.29 is 19.4 Å². The van der Waals surface area contributed by atoms with Crippen molar-refractivity contribution in [3.8, 4) is 5.75 Å². The zero-order valence-corrected chi connectivity index (χ0v) is 12.4. The van der Waals surface area contributed by atoms with E-state index in [1.807, 2.05) is 36.4 Å². The molecule has 4 nitrogen and oxygen atoms in total. The molecule has 0 fully saturated rings. The number of rotatable bonds is 7. The van der Waals surface area contributed by atoms with Gasteiger partial charge in [-0.25, -0.2) is 4.79 Å². The molecule has 0 amide bonds. The van der Waals surface area contributed by atoms with E-state index >= 15 is 0 Å². The van der Waals surface area contributed by atoms with Crippen LogP contribution in [-0.4, -0.2) is 18.2 Å². The van der Waals surface area contributed by atoms with Crippen LogP contribution in [0, 0.1) is 0 Å². The van der Waals surface area contributed by atoms with E-state index in [0.717, 1.165) is 27.1 Å². The molecular weight excluding hydrogens is 288 g/mol. The Morgan fingerprint density at radius 1 is 1.29 bits per heavy atom. The smallest absolute Gasteiger partial charge is 0.328 e. The fraction of sp³-hybridized carbons (Fsp3) is 0.188. The molecule has 2 rings (SSSR count). The Kier molecular flexibility index (Phi) is 5.54. The Hall–Kier alpha value is -2.11. The molecule has 0 spiro atoms. The van der Waals surface area contributed by atoms with Crippen LogP contribution in [0.3, 0.4) is 0 Å². The molecule has 1 N–H and O–H groups in total. The molecule has 110 valence electrons. The maximum absolute atomic E-state index is 10.4. The first-order chi connectivity index (χ1) is 10.2. The number of ether oxygens (including phenoxy) is 2. The van der Waals surface area contributed by atoms with Gasteiger partial charge in [0.15, 0.2) is 0 Å². The fourth-order valence-corrected chi connectivity index (χ4v) is 2.60. The maximum Gasteiger partial charge on any atom is 0.328 e. The standard InChI is InChI=1S/C16H16O4S/c1-19-13-4-2-3-12(9-13)10-20-11-15-6-5-14(21-15)7-8-16(17)18/h2-9H,10-11H2,1H3,(H,17,18). The molecule has 0 saturated carbocycles. The highest BCUT2D eigenvalue weighted by molar-refractivity contribution is 7.12. The summed E-state index contributed by atoms with van der Waals surface area (Å²) in [5.41, 5.74) is 1.05. The highest BCUT2D eigenvalue weighted by atomic mass is 32.1. The Labute approximate surface area is 127 Å². The molecule has 0 aliphatic carbocycles. The van der Waals surface area contributed by atoms with Gasteiger partial charge >= 0.3 is 5.97 Å². The topological polar surface area (TPSA) is 55.8 Å². The van der Waals surface area contributed by atoms with Crippen molar-refractivity contribution in [2.45, 2.75) is 13.2 Å². The van der Waals surface area contributed by atoms with Gasteiger partial charge in [-0.3, -0.25) is 0 Å². The summed E-state index contributed by atoms with van der Waals surface area (Å²) in [6.07, 6.45) is 2.71. The lowest BCUT2D eigenvalue weighted by atomic mass is 10.2. The minimum atomic E-state index is -0.945. The van der Waals surface area contributed by atoms with Crippen molar-refractivity contribution in [2.75, 3.05) is 7.11 Å². The Balaban J connectivity index is 1.84. The van der Waals surface area contributed by atoms with Crippen molar-refractivity contribution in [3.05, 3.63) is 57.8 Å². The average Bonchev–Trinajstić information content (AvgIpc) is 2.93. The summed E-state index contributed by atoms with van der Waals surface area (Å²) >= 11 is 1.52. The summed E-state index contributed by atoms with van der Waals surface area (Å²) in [5, 5.41) is 8.57. The third kappa shape index (κ3) is 5.06. The van der Waals surface area contributed by atoms with Gasteiger partial charge in [-0.05, 0) is 35.9 Å². The second kappa shape index (κ2) is 7.61. The van der Waals surface area contributed by atoms with Gasteiger partial charge in [0.2, 0.25) is 0 Å². The summed E-state index contributed by atoms with van der Waals surface area (Å²) in [5.74, 6) is -0.132. The number of benzene rings is 1. The normalized spacial score (nSPS) is 10.9. The van der Waals surface area contributed by atoms with E-state index in [4.69, 9.17) is 14.6 Å². The molecule has 0 bridgehead atoms. The molecule has 0 unspecified atom stereocenters. The predicted octanol–water partition coefficient (Wildman–Crippen LogP) is 3.57. The Morgan fingerprint density at radius 3 is 2.90 bits per heavy atom. The van der Waals surface area contributed by atoms with Crippen molar-refractivity contribution in [3.63, 3.8) is 0 Å². The van der Waals surface area contributed by atoms with Gasteiger partial charge in [-0.1, -0.05) is 12.1 Å². The van der Waals surface area contributed by atoms with E-state index in [0.29, 0.717) is 13.2 Å². The Bertz CT molecular complexity index is 631. The first-order valence-corrected chi connectivity index (χ1v) is 7.19. The van der Waals surface area contributed by atoms with Crippen LogP contribution < -0.4 is 4.74 Å². The van der Waals surface area contributed by atoms with Crippen LogP contribution in [0.15, 0.2) is 42.5 Å². The number of methoxy groups -OCH3 is 1. The summed E-state index contributed by atoms with van der Waals surface area (Å²) < 4.78 is 10.8. The molecule has 0 atom stereocenters. The summed E-state index contributed by atoms with van der Waals surface area (Å²) in [4.78, 5) is 12.4. The van der Waals surface area contributed by atoms with Crippen LogP contribution in [0.2, 0.25) is 0 Å². The number of aliphatic carboxylic acids is 1. The second-order valence-electron chi connectivity index (χ2n) is 4.32. The molecule has 0 aliphatic heterocycles. The summed E-state index contributed by atoms with van der Waals surface area (Å²) in [6.45, 7) is 1.01. The molecule has 21 heavy (non-hydrogen) atoms. The largest absolute Gasteiger partial charge is 0.497 e. The van der Waals surface area contributed by atoms with Crippen LogP contribution >= 0.6 is 11.3 Å². The summed E-state index contributed by atoms with van der Waals surface area (Å²) in [6, 6.07) is 11.6. The number of carbonyl (C=O) groups is 1. The zero-order valence-electron chi connectivity index (χ0n) is 11.6. The van der Waals surface area contributed by atoms with E-state index in [1.165, 1.54) is 11.3 Å². The van der Waals surface area contributed by atoms with E-state index in [1.54, 1.807) is 13.2 Å². The van der Waals surface area contributed by atoms with Crippen LogP contribution in [0.25, 0.3) is 6.08 Å². The minimum Gasteiger partial charge on any atom is -0.497 e. The van der Waals surface area contributed by atoms with Gasteiger partial charge in [0.1, 0.15) is 5.75 Å². The molecule has 0 saturated heterocycles. The lowest BCUT2D eigenvalue weighted by Crippen LogP contribution is -1.93. The molecule has 1 heterocycles. The maximum atomic E-state index is 10.4. The Morgan fingerprint density at radius 2 is 2.14 bits per heavy atom. The van der Waals surface area contributed by atoms with E-state index in [2.05, 4.69) is 0 Å².